The zero-order valence-corrected chi connectivity index (χ0v) is 18.6. The maximum absolute atomic E-state index is 6.51. The van der Waals surface area contributed by atoms with Crippen LogP contribution in [0.25, 0.3) is 21.8 Å². The molecule has 7 nitrogen and oxygen atoms in total. The zero-order chi connectivity index (χ0) is 21.9. The van der Waals surface area contributed by atoms with Crippen LogP contribution in [-0.2, 0) is 0 Å². The molecule has 1 aliphatic heterocycles. The van der Waals surface area contributed by atoms with E-state index in [1.807, 2.05) is 43.3 Å². The van der Waals surface area contributed by atoms with Crippen molar-refractivity contribution in [2.45, 2.75) is 19.8 Å². The normalized spacial score (nSPS) is 15.0. The van der Waals surface area contributed by atoms with Crippen LogP contribution in [0.1, 0.15) is 25.5 Å². The molecule has 0 atom stereocenters. The monoisotopic (exact) mass is 446 g/mol. The Morgan fingerprint density at radius 1 is 1.12 bits per heavy atom. The van der Waals surface area contributed by atoms with Crippen LogP contribution in [-0.4, -0.2) is 56.8 Å². The molecule has 3 aromatic heterocycles. The van der Waals surface area contributed by atoms with Gasteiger partial charge in [0.05, 0.1) is 27.3 Å². The average Bonchev–Trinajstić information content (AvgIpc) is 3.33. The first-order chi connectivity index (χ1) is 15.7. The number of nitrogens with zero attached hydrogens (tertiary/aromatic N) is 6. The fourth-order valence-electron chi connectivity index (χ4n) is 3.98. The van der Waals surface area contributed by atoms with Crippen molar-refractivity contribution >= 4 is 44.9 Å². The molecule has 1 saturated heterocycles. The van der Waals surface area contributed by atoms with Crippen molar-refractivity contribution in [1.29, 1.82) is 0 Å². The molecule has 0 radical (unpaired) electrons. The van der Waals surface area contributed by atoms with Crippen molar-refractivity contribution in [2.24, 2.45) is 4.99 Å². The van der Waals surface area contributed by atoms with Crippen LogP contribution in [0.15, 0.2) is 53.9 Å². The van der Waals surface area contributed by atoms with Gasteiger partial charge in [0.25, 0.3) is 0 Å². The minimum absolute atomic E-state index is 0.512. The van der Waals surface area contributed by atoms with Crippen LogP contribution in [0.2, 0.25) is 5.02 Å². The van der Waals surface area contributed by atoms with Gasteiger partial charge in [-0.05, 0) is 62.5 Å². The van der Waals surface area contributed by atoms with Crippen LogP contribution in [0.3, 0.4) is 0 Å². The van der Waals surface area contributed by atoms with E-state index < -0.39 is 0 Å². The van der Waals surface area contributed by atoms with Crippen LogP contribution in [0.4, 0.5) is 5.82 Å². The highest BCUT2D eigenvalue weighted by Crippen LogP contribution is 2.32. The molecule has 5 rings (SSSR count). The standard InChI is InChI=1S/C24H23ClN6O/c1-16(29-23-22-19(27-15-28-23)8-5-9-26-22)20-14-17-6-4-7-18(25)21(17)24(30-20)32-13-12-31-10-2-3-11-31/h4-9,14-15H,2-3,10-13H2,1H3. The summed E-state index contributed by atoms with van der Waals surface area (Å²) >= 11 is 6.51. The lowest BCUT2D eigenvalue weighted by atomic mass is 10.1. The van der Waals surface area contributed by atoms with Gasteiger partial charge in [-0.2, -0.15) is 0 Å². The third-order valence-electron chi connectivity index (χ3n) is 5.64. The average molecular weight is 447 g/mol. The summed E-state index contributed by atoms with van der Waals surface area (Å²) < 4.78 is 6.14. The molecule has 4 aromatic rings. The zero-order valence-electron chi connectivity index (χ0n) is 17.8. The van der Waals surface area contributed by atoms with Crippen LogP contribution in [0, 0.1) is 0 Å². The number of pyridine rings is 2. The maximum atomic E-state index is 6.51. The molecule has 1 aromatic carbocycles. The molecule has 0 spiro atoms. The Morgan fingerprint density at radius 2 is 2.00 bits per heavy atom. The Balaban J connectivity index is 1.51. The number of ether oxygens (including phenoxy) is 1. The molecule has 0 unspecified atom stereocenters. The Labute approximate surface area is 191 Å². The number of aromatic nitrogens is 4. The second kappa shape index (κ2) is 9.14. The molecule has 0 bridgehead atoms. The second-order valence-electron chi connectivity index (χ2n) is 7.81. The lowest BCUT2D eigenvalue weighted by Gasteiger charge is -2.16. The summed E-state index contributed by atoms with van der Waals surface area (Å²) in [5.41, 5.74) is 2.82. The van der Waals surface area contributed by atoms with Crippen molar-refractivity contribution in [1.82, 2.24) is 24.8 Å². The number of hydrogen-bond acceptors (Lipinski definition) is 7. The Bertz CT molecular complexity index is 1300. The Hall–Kier alpha value is -3.16. The van der Waals surface area contributed by atoms with Crippen LogP contribution < -0.4 is 4.74 Å². The third kappa shape index (κ3) is 4.26. The molecule has 0 amide bonds. The van der Waals surface area contributed by atoms with Gasteiger partial charge in [-0.3, -0.25) is 9.88 Å². The van der Waals surface area contributed by atoms with Gasteiger partial charge in [0, 0.05) is 12.7 Å². The molecular formula is C24H23ClN6O. The summed E-state index contributed by atoms with van der Waals surface area (Å²) in [6.07, 6.45) is 5.72. The molecule has 162 valence electrons. The van der Waals surface area contributed by atoms with E-state index in [4.69, 9.17) is 26.3 Å². The van der Waals surface area contributed by atoms with Crippen molar-refractivity contribution < 1.29 is 4.74 Å². The predicted octanol–water partition coefficient (Wildman–Crippen LogP) is 4.84. The van der Waals surface area contributed by atoms with Crippen molar-refractivity contribution in [3.63, 3.8) is 0 Å². The highest BCUT2D eigenvalue weighted by molar-refractivity contribution is 6.36. The molecule has 1 aliphatic rings. The summed E-state index contributed by atoms with van der Waals surface area (Å²) in [5.74, 6) is 1.04. The predicted molar refractivity (Wildman–Crippen MR) is 127 cm³/mol. The highest BCUT2D eigenvalue weighted by Gasteiger charge is 2.15. The SMILES string of the molecule is CC(=Nc1ncnc2cccnc12)c1cc2cccc(Cl)c2c(OCCN2CCCC2)n1. The van der Waals surface area contributed by atoms with Gasteiger partial charge >= 0.3 is 0 Å². The fourth-order valence-corrected chi connectivity index (χ4v) is 4.24. The minimum atomic E-state index is 0.512. The van der Waals surface area contributed by atoms with Gasteiger partial charge in [0.2, 0.25) is 5.88 Å². The van der Waals surface area contributed by atoms with Crippen molar-refractivity contribution in [2.75, 3.05) is 26.2 Å². The number of likely N-dealkylation sites (tertiary alicyclic amines) is 1. The van der Waals surface area contributed by atoms with E-state index in [1.54, 1.807) is 6.20 Å². The number of aliphatic imine (C=N–C) groups is 1. The van der Waals surface area contributed by atoms with Gasteiger partial charge in [0.15, 0.2) is 5.82 Å². The van der Waals surface area contributed by atoms with E-state index in [9.17, 15) is 0 Å². The lowest BCUT2D eigenvalue weighted by Crippen LogP contribution is -2.25. The number of halogens is 1. The van der Waals surface area contributed by atoms with Crippen LogP contribution in [0.5, 0.6) is 5.88 Å². The quantitative estimate of drug-likeness (QED) is 0.394. The number of benzene rings is 1. The molecule has 0 saturated carbocycles. The minimum Gasteiger partial charge on any atom is -0.476 e. The summed E-state index contributed by atoms with van der Waals surface area (Å²) in [5, 5.41) is 2.40. The molecular weight excluding hydrogens is 424 g/mol. The lowest BCUT2D eigenvalue weighted by molar-refractivity contribution is 0.234. The van der Waals surface area contributed by atoms with Crippen LogP contribution >= 0.6 is 11.6 Å². The fraction of sp³-hybridized carbons (Fsp3) is 0.292. The molecule has 8 heteroatoms. The summed E-state index contributed by atoms with van der Waals surface area (Å²) in [4.78, 5) is 24.9. The first-order valence-electron chi connectivity index (χ1n) is 10.7. The molecule has 0 aliphatic carbocycles. The van der Waals surface area contributed by atoms with Gasteiger partial charge in [0.1, 0.15) is 18.5 Å². The summed E-state index contributed by atoms with van der Waals surface area (Å²) in [6.45, 7) is 5.61. The largest absolute Gasteiger partial charge is 0.476 e. The van der Waals surface area contributed by atoms with E-state index in [-0.39, 0.29) is 0 Å². The maximum Gasteiger partial charge on any atom is 0.223 e. The summed E-state index contributed by atoms with van der Waals surface area (Å²) in [7, 11) is 0. The van der Waals surface area contributed by atoms with E-state index in [2.05, 4.69) is 19.9 Å². The Morgan fingerprint density at radius 3 is 2.88 bits per heavy atom. The highest BCUT2D eigenvalue weighted by atomic mass is 35.5. The summed E-state index contributed by atoms with van der Waals surface area (Å²) in [6, 6.07) is 11.5. The molecule has 32 heavy (non-hydrogen) atoms. The number of hydrogen-bond donors (Lipinski definition) is 0. The van der Waals surface area contributed by atoms with Gasteiger partial charge < -0.3 is 4.74 Å². The van der Waals surface area contributed by atoms with E-state index >= 15 is 0 Å². The number of fused-ring (bicyclic) bond motifs is 2. The van der Waals surface area contributed by atoms with E-state index in [0.717, 1.165) is 35.9 Å². The first kappa shape index (κ1) is 20.7. The van der Waals surface area contributed by atoms with E-state index in [1.165, 1.54) is 19.2 Å². The van der Waals surface area contributed by atoms with Gasteiger partial charge in [-0.25, -0.2) is 19.9 Å². The topological polar surface area (TPSA) is 76.4 Å². The third-order valence-corrected chi connectivity index (χ3v) is 5.95. The Kier molecular flexibility index (Phi) is 5.92. The van der Waals surface area contributed by atoms with Gasteiger partial charge in [-0.1, -0.05) is 23.7 Å². The first-order valence-corrected chi connectivity index (χ1v) is 11.1. The van der Waals surface area contributed by atoms with Crippen molar-refractivity contribution in [3.8, 4) is 5.88 Å². The van der Waals surface area contributed by atoms with Gasteiger partial charge in [-0.15, -0.1) is 0 Å². The van der Waals surface area contributed by atoms with E-state index in [0.29, 0.717) is 40.2 Å². The number of rotatable bonds is 6. The smallest absolute Gasteiger partial charge is 0.223 e. The molecule has 4 heterocycles. The molecule has 0 N–H and O–H groups in total. The molecule has 1 fully saturated rings. The van der Waals surface area contributed by atoms with Crippen molar-refractivity contribution in [3.05, 3.63) is 59.6 Å². The second-order valence-corrected chi connectivity index (χ2v) is 8.22.